The van der Waals surface area contributed by atoms with Gasteiger partial charge in [-0.1, -0.05) is 55.8 Å². The molecule has 0 aliphatic rings. The topological polar surface area (TPSA) is 12.4 Å². The number of hydrogen-bond acceptors (Lipinski definition) is 1. The molecule has 1 atom stereocenters. The van der Waals surface area contributed by atoms with E-state index in [4.69, 9.17) is 0 Å². The number of hydrogen-bond donors (Lipinski definition) is 0. The molecule has 18 heavy (non-hydrogen) atoms. The fourth-order valence-electron chi connectivity index (χ4n) is 1.59. The van der Waals surface area contributed by atoms with Crippen molar-refractivity contribution in [3.05, 3.63) is 47.5 Å². The van der Waals surface area contributed by atoms with Gasteiger partial charge in [0, 0.05) is 5.71 Å². The molecule has 0 fully saturated rings. The smallest absolute Gasteiger partial charge is 0.0743 e. The molecule has 1 aromatic rings. The van der Waals surface area contributed by atoms with E-state index in [0.29, 0.717) is 0 Å². The van der Waals surface area contributed by atoms with Crippen molar-refractivity contribution in [3.63, 3.8) is 0 Å². The zero-order valence-electron chi connectivity index (χ0n) is 12.7. The van der Waals surface area contributed by atoms with E-state index in [1.807, 2.05) is 34.6 Å². The second-order valence-electron chi connectivity index (χ2n) is 4.63. The molecule has 1 rings (SSSR count). The van der Waals surface area contributed by atoms with Gasteiger partial charge in [-0.15, -0.1) is 0 Å². The first-order chi connectivity index (χ1) is 8.49. The fraction of sp³-hybridized carbons (Fsp3) is 0.471. The summed E-state index contributed by atoms with van der Waals surface area (Å²) in [7, 11) is 0. The molecule has 0 spiro atoms. The van der Waals surface area contributed by atoms with Gasteiger partial charge in [-0.25, -0.2) is 0 Å². The Balaban J connectivity index is 0.00000137. The van der Waals surface area contributed by atoms with Crippen molar-refractivity contribution in [2.24, 2.45) is 4.99 Å². The molecular formula is C17H27N. The highest BCUT2D eigenvalue weighted by atomic mass is 14.8. The lowest BCUT2D eigenvalue weighted by atomic mass is 10.0. The summed E-state index contributed by atoms with van der Waals surface area (Å²) in [5.41, 5.74) is 4.86. The van der Waals surface area contributed by atoms with E-state index in [1.165, 1.54) is 11.1 Å². The Bertz CT molecular complexity index is 381. The molecule has 100 valence electrons. The van der Waals surface area contributed by atoms with Gasteiger partial charge in [0.25, 0.3) is 0 Å². The van der Waals surface area contributed by atoms with Crippen LogP contribution in [0.4, 0.5) is 0 Å². The van der Waals surface area contributed by atoms with Gasteiger partial charge in [-0.2, -0.15) is 0 Å². The fourth-order valence-corrected chi connectivity index (χ4v) is 1.59. The predicted octanol–water partition coefficient (Wildman–Crippen LogP) is 4.99. The highest BCUT2D eigenvalue weighted by molar-refractivity contribution is 5.79. The minimum absolute atomic E-state index is 0.215. The van der Waals surface area contributed by atoms with E-state index >= 15 is 0 Å². The zero-order valence-corrected chi connectivity index (χ0v) is 12.7. The average molecular weight is 245 g/mol. The molecule has 0 aliphatic carbocycles. The zero-order chi connectivity index (χ0) is 14.1. The average Bonchev–Trinajstić information content (AvgIpc) is 2.33. The number of benzene rings is 1. The number of aryl methyl sites for hydroxylation is 1. The summed E-state index contributed by atoms with van der Waals surface area (Å²) in [6.45, 7) is 16.2. The molecule has 0 bridgehead atoms. The van der Waals surface area contributed by atoms with Crippen LogP contribution >= 0.6 is 0 Å². The maximum atomic E-state index is 4.61. The second-order valence-corrected chi connectivity index (χ2v) is 4.63. The molecule has 0 N–H and O–H groups in total. The van der Waals surface area contributed by atoms with Gasteiger partial charge in [0.2, 0.25) is 0 Å². The van der Waals surface area contributed by atoms with Crippen LogP contribution in [0.2, 0.25) is 0 Å². The maximum Gasteiger partial charge on any atom is 0.0743 e. The SMILES string of the molecule is C=C(C)C(Cc1ccc(C)cc1)N=C(C)C.CC. The van der Waals surface area contributed by atoms with E-state index in [9.17, 15) is 0 Å². The first-order valence-electron chi connectivity index (χ1n) is 6.71. The standard InChI is InChI=1S/C15H21N.C2H6/c1-11(2)15(16-12(3)4)10-14-8-6-13(5)7-9-14;1-2/h6-9,15H,1,10H2,2-5H3;1-2H3. The van der Waals surface area contributed by atoms with Gasteiger partial charge < -0.3 is 0 Å². The summed E-state index contributed by atoms with van der Waals surface area (Å²) in [4.78, 5) is 4.61. The lowest BCUT2D eigenvalue weighted by Gasteiger charge is -2.13. The van der Waals surface area contributed by atoms with Crippen molar-refractivity contribution in [2.45, 2.75) is 54.0 Å². The molecule has 0 radical (unpaired) electrons. The number of nitrogens with zero attached hydrogens (tertiary/aromatic N) is 1. The van der Waals surface area contributed by atoms with Gasteiger partial charge in [-0.05, 0) is 39.7 Å². The van der Waals surface area contributed by atoms with E-state index < -0.39 is 0 Å². The third kappa shape index (κ3) is 6.39. The summed E-state index contributed by atoms with van der Waals surface area (Å²) in [6, 6.07) is 8.85. The van der Waals surface area contributed by atoms with Crippen LogP contribution in [0.15, 0.2) is 41.4 Å². The van der Waals surface area contributed by atoms with Crippen LogP contribution in [0.25, 0.3) is 0 Å². The summed E-state index contributed by atoms with van der Waals surface area (Å²) in [6.07, 6.45) is 0.945. The Morgan fingerprint density at radius 3 is 2.00 bits per heavy atom. The molecule has 1 aromatic carbocycles. The highest BCUT2D eigenvalue weighted by Crippen LogP contribution is 2.13. The molecule has 0 saturated carbocycles. The molecule has 0 aliphatic heterocycles. The molecule has 1 heteroatoms. The summed E-state index contributed by atoms with van der Waals surface area (Å²) >= 11 is 0. The number of aliphatic imine (C=N–C) groups is 1. The van der Waals surface area contributed by atoms with Crippen LogP contribution < -0.4 is 0 Å². The molecule has 0 aromatic heterocycles. The van der Waals surface area contributed by atoms with Gasteiger partial charge in [0.05, 0.1) is 6.04 Å². The molecule has 0 amide bonds. The molecule has 1 unspecified atom stereocenters. The van der Waals surface area contributed by atoms with Crippen LogP contribution in [0.1, 0.15) is 45.7 Å². The normalized spacial score (nSPS) is 11.0. The van der Waals surface area contributed by atoms with E-state index in [0.717, 1.165) is 17.7 Å². The summed E-state index contributed by atoms with van der Waals surface area (Å²) in [5, 5.41) is 0. The monoisotopic (exact) mass is 245 g/mol. The molecule has 1 nitrogen and oxygen atoms in total. The highest BCUT2D eigenvalue weighted by Gasteiger charge is 2.08. The van der Waals surface area contributed by atoms with Gasteiger partial charge >= 0.3 is 0 Å². The summed E-state index contributed by atoms with van der Waals surface area (Å²) < 4.78 is 0. The van der Waals surface area contributed by atoms with Crippen LogP contribution in [0.3, 0.4) is 0 Å². The predicted molar refractivity (Wildman–Crippen MR) is 83.6 cm³/mol. The lowest BCUT2D eigenvalue weighted by molar-refractivity contribution is 0.767. The van der Waals surface area contributed by atoms with Crippen LogP contribution in [-0.2, 0) is 6.42 Å². The maximum absolute atomic E-state index is 4.61. The largest absolute Gasteiger partial charge is 0.287 e. The Labute approximate surface area is 113 Å². The van der Waals surface area contributed by atoms with Gasteiger partial charge in [-0.3, -0.25) is 4.99 Å². The Hall–Kier alpha value is -1.37. The van der Waals surface area contributed by atoms with Crippen molar-refractivity contribution < 1.29 is 0 Å². The second kappa shape index (κ2) is 8.68. The molecular weight excluding hydrogens is 218 g/mol. The quantitative estimate of drug-likeness (QED) is 0.523. The minimum Gasteiger partial charge on any atom is -0.287 e. The van der Waals surface area contributed by atoms with Crippen molar-refractivity contribution in [3.8, 4) is 0 Å². The molecule has 0 saturated heterocycles. The van der Waals surface area contributed by atoms with Crippen molar-refractivity contribution >= 4 is 5.71 Å². The van der Waals surface area contributed by atoms with E-state index in [1.54, 1.807) is 0 Å². The lowest BCUT2D eigenvalue weighted by Crippen LogP contribution is -2.11. The summed E-state index contributed by atoms with van der Waals surface area (Å²) in [5.74, 6) is 0. The molecule has 0 heterocycles. The van der Waals surface area contributed by atoms with E-state index in [2.05, 4.69) is 42.8 Å². The van der Waals surface area contributed by atoms with Crippen molar-refractivity contribution in [1.29, 1.82) is 0 Å². The van der Waals surface area contributed by atoms with Gasteiger partial charge in [0.1, 0.15) is 0 Å². The van der Waals surface area contributed by atoms with E-state index in [-0.39, 0.29) is 6.04 Å². The van der Waals surface area contributed by atoms with Crippen LogP contribution in [0.5, 0.6) is 0 Å². The minimum atomic E-state index is 0.215. The van der Waals surface area contributed by atoms with Gasteiger partial charge in [0.15, 0.2) is 0 Å². The third-order valence-electron chi connectivity index (χ3n) is 2.53. The Morgan fingerprint density at radius 1 is 1.11 bits per heavy atom. The van der Waals surface area contributed by atoms with Crippen molar-refractivity contribution in [2.75, 3.05) is 0 Å². The first-order valence-corrected chi connectivity index (χ1v) is 6.71. The van der Waals surface area contributed by atoms with Crippen molar-refractivity contribution in [1.82, 2.24) is 0 Å². The third-order valence-corrected chi connectivity index (χ3v) is 2.53. The first kappa shape index (κ1) is 16.6. The number of rotatable bonds is 4. The Morgan fingerprint density at radius 2 is 1.61 bits per heavy atom. The Kier molecular flexibility index (Phi) is 8.02. The van der Waals surface area contributed by atoms with Crippen LogP contribution in [0, 0.1) is 6.92 Å². The van der Waals surface area contributed by atoms with Crippen LogP contribution in [-0.4, -0.2) is 11.8 Å².